The van der Waals surface area contributed by atoms with Crippen LogP contribution in [0, 0.1) is 13.8 Å². The maximum atomic E-state index is 11.8. The van der Waals surface area contributed by atoms with Crippen LogP contribution in [-0.4, -0.2) is 31.8 Å². The first kappa shape index (κ1) is 14.9. The highest BCUT2D eigenvalue weighted by atomic mass is 16.6. The monoisotopic (exact) mass is 277 g/mol. The Morgan fingerprint density at radius 2 is 2.10 bits per heavy atom. The molecule has 1 heterocycles. The maximum Gasteiger partial charge on any atom is 0.323 e. The van der Waals surface area contributed by atoms with Gasteiger partial charge in [0, 0.05) is 0 Å². The predicted molar refractivity (Wildman–Crippen MR) is 78.0 cm³/mol. The standard InChI is InChI=1S/C16H23NO3/c1-12-6-7-14(11-13(12)2)19-9-10-20-16(18)15-5-3-4-8-17-15/h6-7,11,15,17H,3-5,8-10H2,1-2H3/t15-/m0/s1. The summed E-state index contributed by atoms with van der Waals surface area (Å²) in [5, 5.41) is 3.18. The summed E-state index contributed by atoms with van der Waals surface area (Å²) in [6, 6.07) is 5.83. The lowest BCUT2D eigenvalue weighted by atomic mass is 10.1. The second kappa shape index (κ2) is 7.29. The molecule has 0 unspecified atom stereocenters. The van der Waals surface area contributed by atoms with Crippen molar-refractivity contribution in [2.75, 3.05) is 19.8 Å². The van der Waals surface area contributed by atoms with E-state index in [2.05, 4.69) is 19.2 Å². The largest absolute Gasteiger partial charge is 0.490 e. The molecule has 0 radical (unpaired) electrons. The summed E-state index contributed by atoms with van der Waals surface area (Å²) < 4.78 is 10.8. The zero-order chi connectivity index (χ0) is 14.4. The Hall–Kier alpha value is -1.55. The highest BCUT2D eigenvalue weighted by Gasteiger charge is 2.21. The maximum absolute atomic E-state index is 11.8. The number of piperidine rings is 1. The lowest BCUT2D eigenvalue weighted by Crippen LogP contribution is -2.41. The summed E-state index contributed by atoms with van der Waals surface area (Å²) in [4.78, 5) is 11.8. The molecule has 2 rings (SSSR count). The van der Waals surface area contributed by atoms with E-state index in [1.165, 1.54) is 11.1 Å². The Balaban J connectivity index is 1.68. The molecule has 1 atom stereocenters. The van der Waals surface area contributed by atoms with Crippen molar-refractivity contribution < 1.29 is 14.3 Å². The van der Waals surface area contributed by atoms with Gasteiger partial charge in [0.25, 0.3) is 0 Å². The molecule has 1 aromatic rings. The number of esters is 1. The normalized spacial score (nSPS) is 18.6. The quantitative estimate of drug-likeness (QED) is 0.663. The van der Waals surface area contributed by atoms with Gasteiger partial charge in [-0.25, -0.2) is 0 Å². The fraction of sp³-hybridized carbons (Fsp3) is 0.562. The Labute approximate surface area is 120 Å². The molecule has 110 valence electrons. The van der Waals surface area contributed by atoms with E-state index in [1.54, 1.807) is 0 Å². The fourth-order valence-corrected chi connectivity index (χ4v) is 2.26. The first-order valence-corrected chi connectivity index (χ1v) is 7.27. The molecular weight excluding hydrogens is 254 g/mol. The van der Waals surface area contributed by atoms with E-state index in [1.807, 2.05) is 18.2 Å². The lowest BCUT2D eigenvalue weighted by Gasteiger charge is -2.21. The molecule has 4 nitrogen and oxygen atoms in total. The summed E-state index contributed by atoms with van der Waals surface area (Å²) in [7, 11) is 0. The topological polar surface area (TPSA) is 47.6 Å². The van der Waals surface area contributed by atoms with Crippen molar-refractivity contribution in [3.05, 3.63) is 29.3 Å². The number of carbonyl (C=O) groups is 1. The molecule has 1 aromatic carbocycles. The van der Waals surface area contributed by atoms with Crippen LogP contribution in [0.15, 0.2) is 18.2 Å². The van der Waals surface area contributed by atoms with Gasteiger partial charge in [0.05, 0.1) is 0 Å². The number of hydrogen-bond acceptors (Lipinski definition) is 4. The highest BCUT2D eigenvalue weighted by molar-refractivity contribution is 5.75. The van der Waals surface area contributed by atoms with Crippen molar-refractivity contribution in [3.63, 3.8) is 0 Å². The van der Waals surface area contributed by atoms with E-state index < -0.39 is 0 Å². The molecule has 1 N–H and O–H groups in total. The van der Waals surface area contributed by atoms with Gasteiger partial charge in [-0.3, -0.25) is 4.79 Å². The van der Waals surface area contributed by atoms with E-state index in [0.717, 1.165) is 31.6 Å². The highest BCUT2D eigenvalue weighted by Crippen LogP contribution is 2.16. The van der Waals surface area contributed by atoms with Gasteiger partial charge < -0.3 is 14.8 Å². The van der Waals surface area contributed by atoms with Gasteiger partial charge in [-0.2, -0.15) is 0 Å². The van der Waals surface area contributed by atoms with Crippen LogP contribution >= 0.6 is 0 Å². The van der Waals surface area contributed by atoms with Crippen LogP contribution in [0.3, 0.4) is 0 Å². The van der Waals surface area contributed by atoms with Gasteiger partial charge in [0.2, 0.25) is 0 Å². The van der Waals surface area contributed by atoms with E-state index >= 15 is 0 Å². The molecule has 1 aliphatic heterocycles. The Morgan fingerprint density at radius 3 is 2.80 bits per heavy atom. The third-order valence-electron chi connectivity index (χ3n) is 3.67. The summed E-state index contributed by atoms with van der Waals surface area (Å²) in [6.07, 6.45) is 3.10. The third kappa shape index (κ3) is 4.23. The predicted octanol–water partition coefficient (Wildman–Crippen LogP) is 2.37. The van der Waals surface area contributed by atoms with Gasteiger partial charge in [-0.15, -0.1) is 0 Å². The molecule has 1 aliphatic rings. The minimum absolute atomic E-state index is 0.134. The van der Waals surface area contributed by atoms with Crippen molar-refractivity contribution in [2.45, 2.75) is 39.2 Å². The SMILES string of the molecule is Cc1ccc(OCCOC(=O)[C@@H]2CCCCN2)cc1C. The number of rotatable bonds is 5. The summed E-state index contributed by atoms with van der Waals surface area (Å²) >= 11 is 0. The van der Waals surface area contributed by atoms with Gasteiger partial charge in [-0.05, 0) is 56.5 Å². The van der Waals surface area contributed by atoms with Crippen LogP contribution in [-0.2, 0) is 9.53 Å². The molecule has 0 bridgehead atoms. The van der Waals surface area contributed by atoms with Crippen molar-refractivity contribution in [1.29, 1.82) is 0 Å². The Morgan fingerprint density at radius 1 is 1.25 bits per heavy atom. The molecule has 1 fully saturated rings. The first-order chi connectivity index (χ1) is 9.66. The summed E-state index contributed by atoms with van der Waals surface area (Å²) in [5.74, 6) is 0.660. The summed E-state index contributed by atoms with van der Waals surface area (Å²) in [6.45, 7) is 5.71. The third-order valence-corrected chi connectivity index (χ3v) is 3.67. The molecule has 0 aliphatic carbocycles. The molecule has 0 aromatic heterocycles. The van der Waals surface area contributed by atoms with Gasteiger partial charge in [0.15, 0.2) is 0 Å². The molecule has 0 amide bonds. The number of nitrogens with one attached hydrogen (secondary N) is 1. The Bertz CT molecular complexity index is 453. The van der Waals surface area contributed by atoms with Crippen LogP contribution in [0.1, 0.15) is 30.4 Å². The number of benzene rings is 1. The molecular formula is C16H23NO3. The second-order valence-corrected chi connectivity index (χ2v) is 5.26. The zero-order valence-electron chi connectivity index (χ0n) is 12.3. The van der Waals surface area contributed by atoms with Crippen molar-refractivity contribution in [2.24, 2.45) is 0 Å². The minimum Gasteiger partial charge on any atom is -0.490 e. The molecule has 4 heteroatoms. The number of aryl methyl sites for hydroxylation is 2. The Kier molecular flexibility index (Phi) is 5.41. The number of carbonyl (C=O) groups excluding carboxylic acids is 1. The van der Waals surface area contributed by atoms with Crippen LogP contribution < -0.4 is 10.1 Å². The smallest absolute Gasteiger partial charge is 0.323 e. The number of ether oxygens (including phenoxy) is 2. The summed E-state index contributed by atoms with van der Waals surface area (Å²) in [5.41, 5.74) is 2.44. The molecule has 0 spiro atoms. The van der Waals surface area contributed by atoms with E-state index in [4.69, 9.17) is 9.47 Å². The van der Waals surface area contributed by atoms with Crippen LogP contribution in [0.25, 0.3) is 0 Å². The van der Waals surface area contributed by atoms with Gasteiger partial charge in [0.1, 0.15) is 25.0 Å². The van der Waals surface area contributed by atoms with E-state index in [0.29, 0.717) is 13.2 Å². The molecule has 1 saturated heterocycles. The zero-order valence-corrected chi connectivity index (χ0v) is 12.3. The van der Waals surface area contributed by atoms with Crippen LogP contribution in [0.5, 0.6) is 5.75 Å². The lowest BCUT2D eigenvalue weighted by molar-refractivity contribution is -0.147. The van der Waals surface area contributed by atoms with E-state index in [9.17, 15) is 4.79 Å². The molecule has 20 heavy (non-hydrogen) atoms. The minimum atomic E-state index is -0.159. The average molecular weight is 277 g/mol. The van der Waals surface area contributed by atoms with Crippen LogP contribution in [0.2, 0.25) is 0 Å². The second-order valence-electron chi connectivity index (χ2n) is 5.26. The number of hydrogen-bond donors (Lipinski definition) is 1. The van der Waals surface area contributed by atoms with Crippen molar-refractivity contribution in [1.82, 2.24) is 5.32 Å². The van der Waals surface area contributed by atoms with Crippen LogP contribution in [0.4, 0.5) is 0 Å². The fourth-order valence-electron chi connectivity index (χ4n) is 2.26. The van der Waals surface area contributed by atoms with E-state index in [-0.39, 0.29) is 12.0 Å². The van der Waals surface area contributed by atoms with Crippen molar-refractivity contribution >= 4 is 5.97 Å². The first-order valence-electron chi connectivity index (χ1n) is 7.27. The van der Waals surface area contributed by atoms with Gasteiger partial charge in [-0.1, -0.05) is 12.5 Å². The molecule has 0 saturated carbocycles. The van der Waals surface area contributed by atoms with Crippen molar-refractivity contribution in [3.8, 4) is 5.75 Å². The average Bonchev–Trinajstić information content (AvgIpc) is 2.48. The van der Waals surface area contributed by atoms with Gasteiger partial charge >= 0.3 is 5.97 Å².